The molecule has 0 bridgehead atoms. The number of ketones is 1. The highest BCUT2D eigenvalue weighted by molar-refractivity contribution is 7.22. The van der Waals surface area contributed by atoms with Gasteiger partial charge in [0.05, 0.1) is 12.1 Å². The Kier molecular flexibility index (Phi) is 17.8. The number of amides is 3. The number of aliphatic hydroxyl groups is 1. The van der Waals surface area contributed by atoms with Crippen molar-refractivity contribution in [2.45, 2.75) is 124 Å². The van der Waals surface area contributed by atoms with Crippen molar-refractivity contribution < 1.29 is 39.2 Å². The van der Waals surface area contributed by atoms with E-state index < -0.39 is 23.6 Å². The number of aromatic hydroxyl groups is 2. The van der Waals surface area contributed by atoms with Gasteiger partial charge in [0.2, 0.25) is 17.7 Å². The first kappa shape index (κ1) is 51.6. The minimum Gasteiger partial charge on any atom is -0.508 e. The van der Waals surface area contributed by atoms with E-state index in [9.17, 15) is 34.5 Å². The number of phenolic OH excluding ortho intramolecular Hbond substituents is 2. The molecule has 1 unspecified atom stereocenters. The Morgan fingerprint density at radius 2 is 1.46 bits per heavy atom. The van der Waals surface area contributed by atoms with Crippen LogP contribution in [-0.2, 0) is 14.4 Å². The van der Waals surface area contributed by atoms with Gasteiger partial charge in [-0.25, -0.2) is 0 Å². The summed E-state index contributed by atoms with van der Waals surface area (Å²) in [5.74, 6) is 0.327. The Bertz CT molecular complexity index is 2480. The molecule has 68 heavy (non-hydrogen) atoms. The summed E-state index contributed by atoms with van der Waals surface area (Å²) < 4.78 is 6.89. The second-order valence-corrected chi connectivity index (χ2v) is 20.6. The number of ether oxygens (including phenoxy) is 1. The molecule has 0 saturated carbocycles. The summed E-state index contributed by atoms with van der Waals surface area (Å²) in [7, 11) is 0. The maximum atomic E-state index is 14.1. The van der Waals surface area contributed by atoms with Crippen LogP contribution in [0, 0.1) is 5.41 Å². The van der Waals surface area contributed by atoms with Gasteiger partial charge in [0.25, 0.3) is 0 Å². The normalized spacial score (nSPS) is 16.0. The molecular weight excluding hydrogens is 877 g/mol. The van der Waals surface area contributed by atoms with Crippen molar-refractivity contribution in [2.75, 3.05) is 32.8 Å². The van der Waals surface area contributed by atoms with Crippen LogP contribution < -0.4 is 15.4 Å². The predicted molar refractivity (Wildman–Crippen MR) is 270 cm³/mol. The molecule has 6 rings (SSSR count). The summed E-state index contributed by atoms with van der Waals surface area (Å²) in [6, 6.07) is 25.1. The first-order valence-electron chi connectivity index (χ1n) is 24.2. The number of nitrogens with zero attached hydrogens (tertiary/aromatic N) is 2. The van der Waals surface area contributed by atoms with E-state index >= 15 is 0 Å². The van der Waals surface area contributed by atoms with E-state index in [-0.39, 0.29) is 54.0 Å². The van der Waals surface area contributed by atoms with Crippen molar-refractivity contribution in [3.8, 4) is 27.7 Å². The monoisotopic (exact) mass is 946 g/mol. The first-order chi connectivity index (χ1) is 32.4. The second kappa shape index (κ2) is 23.5. The van der Waals surface area contributed by atoms with Gasteiger partial charge in [-0.05, 0) is 128 Å². The fourth-order valence-corrected chi connectivity index (χ4v) is 10.00. The van der Waals surface area contributed by atoms with Gasteiger partial charge in [-0.15, -0.1) is 11.3 Å². The maximum Gasteiger partial charge on any atom is 0.246 e. The van der Waals surface area contributed by atoms with Gasteiger partial charge in [0.15, 0.2) is 5.78 Å². The molecule has 1 saturated heterocycles. The van der Waals surface area contributed by atoms with Crippen molar-refractivity contribution >= 4 is 44.9 Å². The maximum absolute atomic E-state index is 14.1. The fraction of sp³-hybridized carbons (Fsp3) is 0.455. The molecule has 0 radical (unpaired) electrons. The van der Waals surface area contributed by atoms with Crippen molar-refractivity contribution in [1.82, 2.24) is 20.4 Å². The Balaban J connectivity index is 0.903. The number of likely N-dealkylation sites (tertiary alicyclic amines) is 1. The van der Waals surface area contributed by atoms with Crippen LogP contribution in [0.25, 0.3) is 20.5 Å². The quantitative estimate of drug-likeness (QED) is 0.0335. The zero-order valence-corrected chi connectivity index (χ0v) is 41.5. The van der Waals surface area contributed by atoms with Crippen LogP contribution in [0.3, 0.4) is 0 Å². The van der Waals surface area contributed by atoms with E-state index in [0.29, 0.717) is 42.2 Å². The summed E-state index contributed by atoms with van der Waals surface area (Å²) in [6.07, 6.45) is 4.21. The van der Waals surface area contributed by atoms with Crippen LogP contribution in [0.2, 0.25) is 0 Å². The lowest BCUT2D eigenvalue weighted by atomic mass is 9.85. The van der Waals surface area contributed by atoms with E-state index in [1.165, 1.54) is 21.8 Å². The topological polar surface area (TPSA) is 169 Å². The Hall–Kier alpha value is -5.76. The molecule has 5 aromatic rings. The number of thiophene rings is 1. The van der Waals surface area contributed by atoms with Crippen LogP contribution in [0.5, 0.6) is 17.2 Å². The molecule has 4 aromatic carbocycles. The molecule has 364 valence electrons. The first-order valence-corrected chi connectivity index (χ1v) is 25.0. The number of carbonyl (C=O) groups excluding carboxylic acids is 4. The van der Waals surface area contributed by atoms with E-state index in [1.807, 2.05) is 52.0 Å². The van der Waals surface area contributed by atoms with Crippen molar-refractivity contribution in [3.63, 3.8) is 0 Å². The second-order valence-electron chi connectivity index (χ2n) is 19.5. The van der Waals surface area contributed by atoms with Gasteiger partial charge < -0.3 is 40.5 Å². The van der Waals surface area contributed by atoms with Crippen LogP contribution in [0.15, 0.2) is 91.0 Å². The number of hydrogen-bond donors (Lipinski definition) is 5. The summed E-state index contributed by atoms with van der Waals surface area (Å²) in [4.78, 5) is 59.4. The average molecular weight is 947 g/mol. The Morgan fingerprint density at radius 3 is 2.12 bits per heavy atom. The molecule has 1 aromatic heterocycles. The minimum atomic E-state index is -0.856. The Labute approximate surface area is 405 Å². The average Bonchev–Trinajstić information content (AvgIpc) is 3.90. The molecule has 3 amide bonds. The van der Waals surface area contributed by atoms with Gasteiger partial charge in [-0.1, -0.05) is 85.1 Å². The van der Waals surface area contributed by atoms with E-state index in [1.54, 1.807) is 54.6 Å². The van der Waals surface area contributed by atoms with Crippen molar-refractivity contribution in [3.05, 3.63) is 113 Å². The number of nitrogens with one attached hydrogen (secondary N) is 2. The third-order valence-corrected chi connectivity index (χ3v) is 14.1. The van der Waals surface area contributed by atoms with E-state index in [4.69, 9.17) is 4.74 Å². The molecular formula is C55H70N4O8S. The standard InChI is InChI=1S/C55H70N4O8S/c1-8-58(30-31-67-44-26-21-39(22-27-44)50(64)49-45-28-25-42(61)33-47(45)68-51(49)40-19-23-41(60)24-20-40)29-13-11-9-10-12-14-48(63)57-52(55(5,6)7)54(66)59-34-43(62)32-46(59)53(65)56-36(4)38-17-15-37(16-18-38)35(2)3/h15-28,33,35-36,43,46,52,60-62H,8-14,29-32,34H2,1-7H3,(H,56,65)(H,57,63)/t36-,43+,46-,52?/m0/s1. The van der Waals surface area contributed by atoms with Crippen LogP contribution >= 0.6 is 11.3 Å². The molecule has 0 aliphatic carbocycles. The molecule has 2 heterocycles. The predicted octanol–water partition coefficient (Wildman–Crippen LogP) is 9.75. The number of β-amino-alcohol motifs (C(OH)–C–C–N with tert-alkyl or cyclic N) is 1. The number of likely N-dealkylation sites (N-methyl/N-ethyl adjacent to an activating group) is 1. The largest absolute Gasteiger partial charge is 0.508 e. The highest BCUT2D eigenvalue weighted by Gasteiger charge is 2.44. The number of hydrogen-bond acceptors (Lipinski definition) is 10. The van der Waals surface area contributed by atoms with E-state index in [0.717, 1.165) is 71.4 Å². The van der Waals surface area contributed by atoms with Crippen molar-refractivity contribution in [1.29, 1.82) is 0 Å². The number of benzene rings is 4. The Morgan fingerprint density at radius 1 is 0.809 bits per heavy atom. The highest BCUT2D eigenvalue weighted by atomic mass is 32.1. The van der Waals surface area contributed by atoms with E-state index in [2.05, 4.69) is 48.4 Å². The summed E-state index contributed by atoms with van der Waals surface area (Å²) >= 11 is 1.43. The highest BCUT2D eigenvalue weighted by Crippen LogP contribution is 2.41. The van der Waals surface area contributed by atoms with Gasteiger partial charge >= 0.3 is 0 Å². The zero-order valence-electron chi connectivity index (χ0n) is 40.7. The summed E-state index contributed by atoms with van der Waals surface area (Å²) in [5.41, 5.74) is 3.43. The van der Waals surface area contributed by atoms with Gasteiger partial charge in [0, 0.05) is 52.0 Å². The smallest absolute Gasteiger partial charge is 0.246 e. The molecule has 1 aliphatic heterocycles. The van der Waals surface area contributed by atoms with Crippen molar-refractivity contribution in [2.24, 2.45) is 5.41 Å². The number of aliphatic hydroxyl groups excluding tert-OH is 1. The number of phenols is 2. The zero-order chi connectivity index (χ0) is 49.1. The van der Waals surface area contributed by atoms with Gasteiger partial charge in [-0.2, -0.15) is 0 Å². The fourth-order valence-electron chi connectivity index (χ4n) is 8.76. The molecule has 12 nitrogen and oxygen atoms in total. The van der Waals surface area contributed by atoms with Gasteiger partial charge in [0.1, 0.15) is 35.9 Å². The van der Waals surface area contributed by atoms with Crippen LogP contribution in [0.1, 0.15) is 132 Å². The van der Waals surface area contributed by atoms with Gasteiger partial charge in [-0.3, -0.25) is 19.2 Å². The molecule has 1 fully saturated rings. The summed E-state index contributed by atoms with van der Waals surface area (Å²) in [6.45, 7) is 17.1. The lowest BCUT2D eigenvalue weighted by molar-refractivity contribution is -0.144. The lowest BCUT2D eigenvalue weighted by Gasteiger charge is -2.35. The lowest BCUT2D eigenvalue weighted by Crippen LogP contribution is -2.57. The number of unbranched alkanes of at least 4 members (excludes halogenated alkanes) is 4. The molecule has 4 atom stereocenters. The molecule has 13 heteroatoms. The SMILES string of the molecule is CCN(CCCCCCCC(=O)NC(C(=O)N1C[C@H](O)C[C@H]1C(=O)N[C@@H](C)c1ccc(C(C)C)cc1)C(C)(C)C)CCOc1ccc(C(=O)c2c(-c3ccc(O)cc3)sc3cc(O)ccc23)cc1. The molecule has 1 aliphatic rings. The minimum absolute atomic E-state index is 0.0332. The summed E-state index contributed by atoms with van der Waals surface area (Å²) in [5, 5.41) is 37.4. The molecule has 5 N–H and O–H groups in total. The number of rotatable bonds is 22. The number of carbonyl (C=O) groups is 4. The third-order valence-electron chi connectivity index (χ3n) is 12.9. The molecule has 0 spiro atoms. The van der Waals surface area contributed by atoms with Crippen LogP contribution in [-0.4, -0.2) is 99.6 Å². The van der Waals surface area contributed by atoms with Crippen LogP contribution in [0.4, 0.5) is 0 Å². The third kappa shape index (κ3) is 13.5. The number of fused-ring (bicyclic) bond motifs is 1.